The third-order valence-electron chi connectivity index (χ3n) is 6.15. The standard InChI is InChI=1S/C24H28ClN5O2/c1-13(2)18-11-26-21-8-7-20(29-23(18)21)17-10-22(27-12-19(17)25)30-24(32)15-5-4-6-16(9-15)28-14(3)31/h7-8,10-13,15-16,18H,4-6,9H2,1-3H3,(H,28,31)(H,27,30,32)/t15-,16+,18?/m0/s1. The van der Waals surface area contributed by atoms with Crippen LogP contribution in [0.5, 0.6) is 0 Å². The van der Waals surface area contributed by atoms with Crippen LogP contribution in [0, 0.1) is 11.8 Å². The van der Waals surface area contributed by atoms with E-state index >= 15 is 0 Å². The number of carbonyl (C=O) groups is 2. The van der Waals surface area contributed by atoms with Crippen LogP contribution in [-0.4, -0.2) is 34.0 Å². The largest absolute Gasteiger partial charge is 0.354 e. The lowest BCUT2D eigenvalue weighted by Gasteiger charge is -2.28. The van der Waals surface area contributed by atoms with Crippen molar-refractivity contribution >= 4 is 41.1 Å². The second-order valence-electron chi connectivity index (χ2n) is 8.95. The predicted molar refractivity (Wildman–Crippen MR) is 126 cm³/mol. The van der Waals surface area contributed by atoms with Gasteiger partial charge in [-0.2, -0.15) is 0 Å². The number of rotatable bonds is 5. The minimum absolute atomic E-state index is 0.0393. The van der Waals surface area contributed by atoms with Gasteiger partial charge in [0.1, 0.15) is 5.82 Å². The Morgan fingerprint density at radius 3 is 2.78 bits per heavy atom. The molecule has 4 rings (SSSR count). The van der Waals surface area contributed by atoms with Gasteiger partial charge in [-0.3, -0.25) is 14.6 Å². The average molecular weight is 454 g/mol. The van der Waals surface area contributed by atoms with E-state index in [-0.39, 0.29) is 29.7 Å². The highest BCUT2D eigenvalue weighted by Gasteiger charge is 2.28. The van der Waals surface area contributed by atoms with Crippen molar-refractivity contribution in [3.05, 3.63) is 35.1 Å². The number of fused-ring (bicyclic) bond motifs is 1. The van der Waals surface area contributed by atoms with Gasteiger partial charge in [0.25, 0.3) is 0 Å². The molecule has 1 saturated carbocycles. The molecular weight excluding hydrogens is 426 g/mol. The molecule has 0 radical (unpaired) electrons. The summed E-state index contributed by atoms with van der Waals surface area (Å²) in [6.45, 7) is 5.80. The molecule has 168 valence electrons. The summed E-state index contributed by atoms with van der Waals surface area (Å²) in [6.07, 6.45) is 6.72. The molecule has 3 atom stereocenters. The molecule has 0 spiro atoms. The molecule has 2 N–H and O–H groups in total. The van der Waals surface area contributed by atoms with Crippen LogP contribution in [-0.2, 0) is 9.59 Å². The monoisotopic (exact) mass is 453 g/mol. The third-order valence-corrected chi connectivity index (χ3v) is 6.45. The highest BCUT2D eigenvalue weighted by atomic mass is 35.5. The zero-order valence-electron chi connectivity index (χ0n) is 18.6. The lowest BCUT2D eigenvalue weighted by molar-refractivity contribution is -0.123. The van der Waals surface area contributed by atoms with Gasteiger partial charge in [-0.15, -0.1) is 0 Å². The number of amides is 2. The number of anilines is 1. The number of aromatic nitrogens is 2. The Balaban J connectivity index is 1.52. The number of nitrogens with zero attached hydrogens (tertiary/aromatic N) is 3. The second-order valence-corrected chi connectivity index (χ2v) is 9.36. The minimum Gasteiger partial charge on any atom is -0.354 e. The van der Waals surface area contributed by atoms with E-state index in [0.717, 1.165) is 36.3 Å². The van der Waals surface area contributed by atoms with Crippen molar-refractivity contribution in [1.82, 2.24) is 15.3 Å². The Labute approximate surface area is 193 Å². The Bertz CT molecular complexity index is 1070. The zero-order valence-corrected chi connectivity index (χ0v) is 19.3. The van der Waals surface area contributed by atoms with Crippen LogP contribution >= 0.6 is 11.6 Å². The van der Waals surface area contributed by atoms with E-state index in [9.17, 15) is 9.59 Å². The van der Waals surface area contributed by atoms with Gasteiger partial charge in [0, 0.05) is 42.8 Å². The first-order chi connectivity index (χ1) is 15.3. The van der Waals surface area contributed by atoms with Crippen molar-refractivity contribution in [2.24, 2.45) is 16.8 Å². The van der Waals surface area contributed by atoms with Crippen molar-refractivity contribution in [2.45, 2.75) is 58.4 Å². The number of nitrogens with one attached hydrogen (secondary N) is 2. The summed E-state index contributed by atoms with van der Waals surface area (Å²) >= 11 is 6.45. The molecule has 0 aromatic carbocycles. The minimum atomic E-state index is -0.163. The van der Waals surface area contributed by atoms with E-state index in [1.807, 2.05) is 18.3 Å². The van der Waals surface area contributed by atoms with Crippen LogP contribution in [0.2, 0.25) is 5.02 Å². The summed E-state index contributed by atoms with van der Waals surface area (Å²) in [5.74, 6) is 0.691. The number of carbonyl (C=O) groups excluding carboxylic acids is 2. The van der Waals surface area contributed by atoms with Gasteiger partial charge in [0.2, 0.25) is 11.8 Å². The van der Waals surface area contributed by atoms with Gasteiger partial charge < -0.3 is 10.6 Å². The molecule has 1 aliphatic heterocycles. The number of pyridine rings is 2. The van der Waals surface area contributed by atoms with E-state index in [1.165, 1.54) is 6.92 Å². The smallest absolute Gasteiger partial charge is 0.228 e. The lowest BCUT2D eigenvalue weighted by Crippen LogP contribution is -2.40. The number of halogens is 1. The summed E-state index contributed by atoms with van der Waals surface area (Å²) in [7, 11) is 0. The molecule has 0 saturated heterocycles. The molecule has 8 heteroatoms. The quantitative estimate of drug-likeness (QED) is 0.673. The van der Waals surface area contributed by atoms with Gasteiger partial charge in [-0.1, -0.05) is 31.9 Å². The summed E-state index contributed by atoms with van der Waals surface area (Å²) in [5, 5.41) is 6.33. The maximum absolute atomic E-state index is 12.9. The number of aliphatic imine (C=N–C) groups is 1. The molecule has 1 fully saturated rings. The van der Waals surface area contributed by atoms with Gasteiger partial charge in [-0.25, -0.2) is 9.97 Å². The maximum atomic E-state index is 12.9. The Kier molecular flexibility index (Phi) is 6.55. The summed E-state index contributed by atoms with van der Waals surface area (Å²) < 4.78 is 0. The van der Waals surface area contributed by atoms with Gasteiger partial charge in [-0.05, 0) is 43.4 Å². The first-order valence-electron chi connectivity index (χ1n) is 11.1. The fourth-order valence-electron chi connectivity index (χ4n) is 4.47. The first-order valence-corrected chi connectivity index (χ1v) is 11.5. The fourth-order valence-corrected chi connectivity index (χ4v) is 4.67. The Morgan fingerprint density at radius 2 is 2.03 bits per heavy atom. The van der Waals surface area contributed by atoms with E-state index < -0.39 is 0 Å². The first kappa shape index (κ1) is 22.4. The molecule has 2 aliphatic rings. The van der Waals surface area contributed by atoms with Crippen molar-refractivity contribution in [1.29, 1.82) is 0 Å². The molecule has 32 heavy (non-hydrogen) atoms. The van der Waals surface area contributed by atoms with Crippen molar-refractivity contribution < 1.29 is 9.59 Å². The molecule has 2 aromatic rings. The molecule has 3 heterocycles. The Hall–Kier alpha value is -2.80. The lowest BCUT2D eigenvalue weighted by atomic mass is 9.85. The van der Waals surface area contributed by atoms with Crippen LogP contribution < -0.4 is 10.6 Å². The molecule has 2 amide bonds. The molecule has 1 aliphatic carbocycles. The third kappa shape index (κ3) is 4.83. The second kappa shape index (κ2) is 9.36. The van der Waals surface area contributed by atoms with E-state index in [0.29, 0.717) is 28.7 Å². The van der Waals surface area contributed by atoms with Crippen LogP contribution in [0.1, 0.15) is 58.1 Å². The van der Waals surface area contributed by atoms with Crippen molar-refractivity contribution in [3.63, 3.8) is 0 Å². The van der Waals surface area contributed by atoms with Gasteiger partial charge >= 0.3 is 0 Å². The van der Waals surface area contributed by atoms with Gasteiger partial charge in [0.15, 0.2) is 0 Å². The molecule has 7 nitrogen and oxygen atoms in total. The van der Waals surface area contributed by atoms with Crippen molar-refractivity contribution in [3.8, 4) is 11.3 Å². The number of hydrogen-bond donors (Lipinski definition) is 2. The summed E-state index contributed by atoms with van der Waals surface area (Å²) in [6, 6.07) is 5.65. The predicted octanol–water partition coefficient (Wildman–Crippen LogP) is 4.89. The number of hydrogen-bond acceptors (Lipinski definition) is 5. The van der Waals surface area contributed by atoms with E-state index in [4.69, 9.17) is 16.6 Å². The normalized spacial score (nSPS) is 22.0. The SMILES string of the molecule is CC(=O)N[C@@H]1CCC[C@H](C(=O)Nc2cc(-c3ccc4c(n3)C(C(C)C)C=N4)c(Cl)cn2)C1. The summed E-state index contributed by atoms with van der Waals surface area (Å²) in [4.78, 5) is 37.9. The molecule has 0 bridgehead atoms. The van der Waals surface area contributed by atoms with Crippen LogP contribution in [0.25, 0.3) is 11.3 Å². The zero-order chi connectivity index (χ0) is 22.8. The highest BCUT2D eigenvalue weighted by Crippen LogP contribution is 2.38. The fraction of sp³-hybridized carbons (Fsp3) is 0.458. The molecule has 2 aromatic heterocycles. The average Bonchev–Trinajstić information content (AvgIpc) is 3.18. The van der Waals surface area contributed by atoms with Crippen molar-refractivity contribution in [2.75, 3.05) is 5.32 Å². The molecular formula is C24H28ClN5O2. The highest BCUT2D eigenvalue weighted by molar-refractivity contribution is 6.33. The molecule has 1 unspecified atom stereocenters. The van der Waals surface area contributed by atoms with Crippen LogP contribution in [0.15, 0.2) is 29.4 Å². The van der Waals surface area contributed by atoms with Crippen LogP contribution in [0.3, 0.4) is 0 Å². The summed E-state index contributed by atoms with van der Waals surface area (Å²) in [5.41, 5.74) is 3.28. The van der Waals surface area contributed by atoms with E-state index in [2.05, 4.69) is 34.5 Å². The van der Waals surface area contributed by atoms with Gasteiger partial charge in [0.05, 0.1) is 22.1 Å². The van der Waals surface area contributed by atoms with Crippen LogP contribution in [0.4, 0.5) is 11.5 Å². The Morgan fingerprint density at radius 1 is 1.22 bits per heavy atom. The van der Waals surface area contributed by atoms with E-state index in [1.54, 1.807) is 12.3 Å². The topological polar surface area (TPSA) is 96.3 Å². The maximum Gasteiger partial charge on any atom is 0.228 e.